The molecular formula is C21H24N2O3. The number of nitrogens with zero attached hydrogens (tertiary/aromatic N) is 1. The molecular weight excluding hydrogens is 328 g/mol. The maximum atomic E-state index is 11.8. The zero-order valence-electron chi connectivity index (χ0n) is 15.4. The highest BCUT2D eigenvalue weighted by molar-refractivity contribution is 5.68. The van der Waals surface area contributed by atoms with E-state index in [-0.39, 0.29) is 0 Å². The van der Waals surface area contributed by atoms with Crippen molar-refractivity contribution in [3.63, 3.8) is 0 Å². The minimum absolute atomic E-state index is 0.398. The number of nitrogens with one attached hydrogen (secondary N) is 1. The minimum Gasteiger partial charge on any atom is -0.489 e. The van der Waals surface area contributed by atoms with E-state index in [4.69, 9.17) is 9.47 Å². The smallest absolute Gasteiger partial charge is 0.408 e. The van der Waals surface area contributed by atoms with Gasteiger partial charge < -0.3 is 14.8 Å². The van der Waals surface area contributed by atoms with Crippen molar-refractivity contribution in [1.29, 1.82) is 5.26 Å². The lowest BCUT2D eigenvalue weighted by atomic mass is 10.1. The van der Waals surface area contributed by atoms with E-state index in [1.807, 2.05) is 54.6 Å². The first-order valence-corrected chi connectivity index (χ1v) is 8.50. The predicted octanol–water partition coefficient (Wildman–Crippen LogP) is 4.22. The molecule has 1 N–H and O–H groups in total. The Balaban J connectivity index is 1.87. The van der Waals surface area contributed by atoms with E-state index in [1.54, 1.807) is 20.8 Å². The van der Waals surface area contributed by atoms with Gasteiger partial charge in [-0.15, -0.1) is 0 Å². The molecule has 0 aliphatic carbocycles. The zero-order chi connectivity index (χ0) is 19.0. The second-order valence-corrected chi connectivity index (χ2v) is 6.95. The molecule has 0 aliphatic rings. The fourth-order valence-corrected chi connectivity index (χ4v) is 2.28. The molecule has 5 heteroatoms. The lowest BCUT2D eigenvalue weighted by Crippen LogP contribution is -2.39. The molecule has 1 atom stereocenters. The topological polar surface area (TPSA) is 71.3 Å². The maximum Gasteiger partial charge on any atom is 0.408 e. The molecule has 2 aromatic carbocycles. The van der Waals surface area contributed by atoms with Gasteiger partial charge in [-0.2, -0.15) is 5.26 Å². The van der Waals surface area contributed by atoms with E-state index >= 15 is 0 Å². The number of nitriles is 1. The Labute approximate surface area is 154 Å². The van der Waals surface area contributed by atoms with Crippen LogP contribution in [0.25, 0.3) is 0 Å². The Morgan fingerprint density at radius 1 is 1.08 bits per heavy atom. The number of amides is 1. The first kappa shape index (κ1) is 19.3. The summed E-state index contributed by atoms with van der Waals surface area (Å²) in [5.41, 5.74) is 1.43. The Morgan fingerprint density at radius 2 is 1.73 bits per heavy atom. The van der Waals surface area contributed by atoms with Gasteiger partial charge >= 0.3 is 6.09 Å². The predicted molar refractivity (Wildman–Crippen MR) is 99.7 cm³/mol. The number of benzene rings is 2. The quantitative estimate of drug-likeness (QED) is 0.845. The summed E-state index contributed by atoms with van der Waals surface area (Å²) >= 11 is 0. The molecule has 0 bridgehead atoms. The highest BCUT2D eigenvalue weighted by Gasteiger charge is 2.19. The van der Waals surface area contributed by atoms with Crippen LogP contribution in [0.3, 0.4) is 0 Å². The van der Waals surface area contributed by atoms with Crippen LogP contribution in [0.2, 0.25) is 0 Å². The second-order valence-electron chi connectivity index (χ2n) is 6.95. The van der Waals surface area contributed by atoms with Gasteiger partial charge in [0.1, 0.15) is 24.0 Å². The average Bonchev–Trinajstić information content (AvgIpc) is 2.60. The van der Waals surface area contributed by atoms with Crippen LogP contribution in [0.5, 0.6) is 5.75 Å². The van der Waals surface area contributed by atoms with Crippen LogP contribution < -0.4 is 10.1 Å². The van der Waals surface area contributed by atoms with Gasteiger partial charge in [0.05, 0.1) is 6.07 Å². The first-order chi connectivity index (χ1) is 12.4. The minimum atomic E-state index is -0.652. The summed E-state index contributed by atoms with van der Waals surface area (Å²) in [6.07, 6.45) is -0.193. The van der Waals surface area contributed by atoms with Gasteiger partial charge in [0.15, 0.2) is 0 Å². The van der Waals surface area contributed by atoms with Crippen LogP contribution in [0, 0.1) is 11.3 Å². The number of carbonyl (C=O) groups is 1. The van der Waals surface area contributed by atoms with E-state index < -0.39 is 17.7 Å². The molecule has 0 aliphatic heterocycles. The van der Waals surface area contributed by atoms with Crippen LogP contribution in [-0.2, 0) is 17.8 Å². The lowest BCUT2D eigenvalue weighted by Gasteiger charge is -2.21. The highest BCUT2D eigenvalue weighted by atomic mass is 16.6. The van der Waals surface area contributed by atoms with E-state index in [1.165, 1.54) is 0 Å². The normalized spacial score (nSPS) is 11.9. The number of hydrogen-bond acceptors (Lipinski definition) is 4. The summed E-state index contributed by atoms with van der Waals surface area (Å²) in [5.74, 6) is 0.756. The Morgan fingerprint density at radius 3 is 2.31 bits per heavy atom. The third-order valence-corrected chi connectivity index (χ3v) is 3.46. The summed E-state index contributed by atoms with van der Waals surface area (Å²) in [7, 11) is 0. The molecule has 0 fully saturated rings. The third kappa shape index (κ3) is 6.86. The molecule has 2 aromatic rings. The Hall–Kier alpha value is -3.00. The highest BCUT2D eigenvalue weighted by Crippen LogP contribution is 2.15. The first-order valence-electron chi connectivity index (χ1n) is 8.50. The second kappa shape index (κ2) is 8.91. The van der Waals surface area contributed by atoms with Crippen LogP contribution in [0.15, 0.2) is 54.6 Å². The van der Waals surface area contributed by atoms with Crippen molar-refractivity contribution < 1.29 is 14.3 Å². The molecule has 0 radical (unpaired) electrons. The van der Waals surface area contributed by atoms with Crippen molar-refractivity contribution in [2.75, 3.05) is 0 Å². The number of hydrogen-bond donors (Lipinski definition) is 1. The standard InChI is InChI=1S/C21H24N2O3/c1-21(2,3)26-20(24)23-18(14-22)13-16-9-11-19(12-10-16)25-15-17-7-5-4-6-8-17/h4-12,18H,13,15H2,1-3H3,(H,23,24)/t18-/m0/s1. The number of ether oxygens (including phenoxy) is 2. The molecule has 0 saturated heterocycles. The molecule has 0 heterocycles. The van der Waals surface area contributed by atoms with Crippen LogP contribution in [0.4, 0.5) is 4.79 Å². The fourth-order valence-electron chi connectivity index (χ4n) is 2.28. The van der Waals surface area contributed by atoms with Crippen molar-refractivity contribution >= 4 is 6.09 Å². The van der Waals surface area contributed by atoms with E-state index in [9.17, 15) is 10.1 Å². The summed E-state index contributed by atoms with van der Waals surface area (Å²) < 4.78 is 10.9. The number of rotatable bonds is 6. The van der Waals surface area contributed by atoms with Gasteiger partial charge in [0.25, 0.3) is 0 Å². The maximum absolute atomic E-state index is 11.8. The summed E-state index contributed by atoms with van der Waals surface area (Å²) in [4.78, 5) is 11.8. The van der Waals surface area contributed by atoms with Gasteiger partial charge in [0.2, 0.25) is 0 Å². The van der Waals surface area contributed by atoms with Gasteiger partial charge in [-0.05, 0) is 44.0 Å². The largest absolute Gasteiger partial charge is 0.489 e. The zero-order valence-corrected chi connectivity index (χ0v) is 15.4. The SMILES string of the molecule is CC(C)(C)OC(=O)N[C@H](C#N)Cc1ccc(OCc2ccccc2)cc1. The average molecular weight is 352 g/mol. The van der Waals surface area contributed by atoms with Gasteiger partial charge in [0, 0.05) is 6.42 Å². The van der Waals surface area contributed by atoms with Gasteiger partial charge in [-0.1, -0.05) is 42.5 Å². The van der Waals surface area contributed by atoms with E-state index in [0.717, 1.165) is 16.9 Å². The molecule has 136 valence electrons. The third-order valence-electron chi connectivity index (χ3n) is 3.46. The molecule has 0 saturated carbocycles. The number of carbonyl (C=O) groups excluding carboxylic acids is 1. The van der Waals surface area contributed by atoms with E-state index in [0.29, 0.717) is 13.0 Å². The lowest BCUT2D eigenvalue weighted by molar-refractivity contribution is 0.0516. The van der Waals surface area contributed by atoms with Crippen molar-refractivity contribution in [2.45, 2.75) is 45.4 Å². The monoisotopic (exact) mass is 352 g/mol. The molecule has 0 aromatic heterocycles. The van der Waals surface area contributed by atoms with E-state index in [2.05, 4.69) is 11.4 Å². The fraction of sp³-hybridized carbons (Fsp3) is 0.333. The van der Waals surface area contributed by atoms with Gasteiger partial charge in [-0.3, -0.25) is 0 Å². The molecule has 5 nitrogen and oxygen atoms in total. The van der Waals surface area contributed by atoms with Crippen molar-refractivity contribution in [3.8, 4) is 11.8 Å². The van der Waals surface area contributed by atoms with Gasteiger partial charge in [-0.25, -0.2) is 4.79 Å². The van der Waals surface area contributed by atoms with Crippen molar-refractivity contribution in [3.05, 3.63) is 65.7 Å². The number of alkyl carbamates (subject to hydrolysis) is 1. The Kier molecular flexibility index (Phi) is 6.62. The molecule has 0 unspecified atom stereocenters. The summed E-state index contributed by atoms with van der Waals surface area (Å²) in [5, 5.41) is 11.8. The van der Waals surface area contributed by atoms with Crippen molar-refractivity contribution in [2.24, 2.45) is 0 Å². The van der Waals surface area contributed by atoms with Crippen LogP contribution in [0.1, 0.15) is 31.9 Å². The summed E-state index contributed by atoms with van der Waals surface area (Å²) in [6.45, 7) is 5.84. The summed E-state index contributed by atoms with van der Waals surface area (Å²) in [6, 6.07) is 18.9. The van der Waals surface area contributed by atoms with Crippen LogP contribution >= 0.6 is 0 Å². The molecule has 26 heavy (non-hydrogen) atoms. The Bertz CT molecular complexity index is 744. The van der Waals surface area contributed by atoms with Crippen molar-refractivity contribution in [1.82, 2.24) is 5.32 Å². The van der Waals surface area contributed by atoms with Crippen LogP contribution in [-0.4, -0.2) is 17.7 Å². The molecule has 2 rings (SSSR count). The molecule has 0 spiro atoms. The molecule has 1 amide bonds.